The Morgan fingerprint density at radius 2 is 0.904 bits per heavy atom. The molecular weight excluding hydrogens is 675 g/mol. The van der Waals surface area contributed by atoms with Crippen LogP contribution < -0.4 is 0 Å². The van der Waals surface area contributed by atoms with Gasteiger partial charge in [-0.2, -0.15) is 0 Å². The van der Waals surface area contributed by atoms with Crippen LogP contribution in [0.25, 0.3) is 0 Å². The molecule has 2 N–H and O–H groups in total. The highest BCUT2D eigenvalue weighted by Crippen LogP contribution is 2.36. The van der Waals surface area contributed by atoms with Crippen LogP contribution in [0.3, 0.4) is 0 Å². The van der Waals surface area contributed by atoms with Crippen LogP contribution in [0.4, 0.5) is 0 Å². The number of hydrogen-bond donors (Lipinski definition) is 2. The summed E-state index contributed by atoms with van der Waals surface area (Å²) in [6.45, 7) is 3.60. The van der Waals surface area contributed by atoms with E-state index in [1.807, 2.05) is 12.2 Å². The third-order valence-electron chi connectivity index (χ3n) is 8.55. The van der Waals surface area contributed by atoms with Gasteiger partial charge in [-0.3, -0.25) is 14.1 Å². The van der Waals surface area contributed by atoms with Crippen molar-refractivity contribution >= 4 is 19.8 Å². The summed E-state index contributed by atoms with van der Waals surface area (Å²) in [7, 11) is -4.77. The van der Waals surface area contributed by atoms with Crippen molar-refractivity contribution in [3.05, 3.63) is 60.8 Å². The number of carbonyl (C=O) groups is 2. The lowest BCUT2D eigenvalue weighted by Crippen LogP contribution is -2.29. The molecule has 0 aromatic heterocycles. The molecule has 0 aromatic carbocycles. The van der Waals surface area contributed by atoms with E-state index in [0.29, 0.717) is 12.8 Å². The standard InChI is InChI=1S/C43H75O8P/c1-3-5-7-9-11-13-15-17-19-20-21-22-24-26-28-30-32-34-36-38-43(45)51-41(40-50-52(46,47)48)39-49-42(44)37-35-33-31-29-27-25-23-18-16-14-12-10-8-6-4-2/h11,13,17,19,21-22,26,28,32,34,41H,3-10,12,14-16,18,20,23-25,27,29-31,33,35-40H2,1-2H3,(H2,46,47,48)/b13-11+,19-17+,22-21+,28-26+,34-32+/t41-/m1/s1. The van der Waals surface area contributed by atoms with Crippen LogP contribution in [0, 0.1) is 0 Å². The number of allylic oxidation sites excluding steroid dienone is 10. The van der Waals surface area contributed by atoms with Crippen LogP contribution in [0.1, 0.15) is 181 Å². The average molecular weight is 751 g/mol. The van der Waals surface area contributed by atoms with Gasteiger partial charge in [0.2, 0.25) is 0 Å². The molecule has 1 atom stereocenters. The number of unbranched alkanes of at least 4 members (excludes halogenated alkanes) is 17. The molecule has 0 radical (unpaired) electrons. The molecule has 0 spiro atoms. The normalized spacial score (nSPS) is 13.1. The van der Waals surface area contributed by atoms with Crippen molar-refractivity contribution < 1.29 is 37.9 Å². The highest BCUT2D eigenvalue weighted by molar-refractivity contribution is 7.46. The van der Waals surface area contributed by atoms with E-state index >= 15 is 0 Å². The summed E-state index contributed by atoms with van der Waals surface area (Å²) >= 11 is 0. The summed E-state index contributed by atoms with van der Waals surface area (Å²) in [5.41, 5.74) is 0. The summed E-state index contributed by atoms with van der Waals surface area (Å²) in [5, 5.41) is 0. The van der Waals surface area contributed by atoms with E-state index in [-0.39, 0.29) is 19.4 Å². The summed E-state index contributed by atoms with van der Waals surface area (Å²) in [5.74, 6) is -0.980. The first-order valence-corrected chi connectivity index (χ1v) is 22.1. The lowest BCUT2D eigenvalue weighted by molar-refractivity contribution is -0.161. The fourth-order valence-electron chi connectivity index (χ4n) is 5.47. The largest absolute Gasteiger partial charge is 0.469 e. The second kappa shape index (κ2) is 38.5. The van der Waals surface area contributed by atoms with Crippen molar-refractivity contribution in [3.8, 4) is 0 Å². The number of esters is 2. The number of ether oxygens (including phenoxy) is 2. The SMILES string of the molecule is CCCCC/C=C/C/C=C/C/C=C/C/C=C/C/C=C/CCC(=O)O[C@H](COC(=O)CCCCCCCCCCCCCCCCC)COP(=O)(O)O. The monoisotopic (exact) mass is 751 g/mol. The molecule has 9 heteroatoms. The molecule has 300 valence electrons. The maximum Gasteiger partial charge on any atom is 0.469 e. The zero-order valence-corrected chi connectivity index (χ0v) is 33.8. The first-order valence-electron chi connectivity index (χ1n) is 20.6. The third-order valence-corrected chi connectivity index (χ3v) is 9.04. The van der Waals surface area contributed by atoms with Gasteiger partial charge in [-0.15, -0.1) is 0 Å². The van der Waals surface area contributed by atoms with Gasteiger partial charge in [0.05, 0.1) is 6.61 Å². The molecule has 0 heterocycles. The Balaban J connectivity index is 4.06. The topological polar surface area (TPSA) is 119 Å². The highest BCUT2D eigenvalue weighted by Gasteiger charge is 2.22. The average Bonchev–Trinajstić information content (AvgIpc) is 3.11. The van der Waals surface area contributed by atoms with Gasteiger partial charge in [-0.25, -0.2) is 4.57 Å². The molecule has 52 heavy (non-hydrogen) atoms. The highest BCUT2D eigenvalue weighted by atomic mass is 31.2. The first kappa shape index (κ1) is 49.8. The summed E-state index contributed by atoms with van der Waals surface area (Å²) in [4.78, 5) is 42.8. The van der Waals surface area contributed by atoms with Gasteiger partial charge < -0.3 is 19.3 Å². The number of phosphoric acid groups is 1. The lowest BCUT2D eigenvalue weighted by Gasteiger charge is -2.18. The maximum atomic E-state index is 12.4. The molecule has 0 aliphatic heterocycles. The molecule has 0 aromatic rings. The fourth-order valence-corrected chi connectivity index (χ4v) is 5.83. The minimum atomic E-state index is -4.77. The Bertz CT molecular complexity index is 1030. The van der Waals surface area contributed by atoms with Crippen LogP contribution in [-0.2, 0) is 28.2 Å². The molecule has 0 bridgehead atoms. The Kier molecular flexibility index (Phi) is 36.8. The first-order chi connectivity index (χ1) is 25.3. The van der Waals surface area contributed by atoms with Gasteiger partial charge in [0, 0.05) is 12.8 Å². The second-order valence-electron chi connectivity index (χ2n) is 13.6. The summed E-state index contributed by atoms with van der Waals surface area (Å²) in [6.07, 6.45) is 48.1. The minimum absolute atomic E-state index is 0.0879. The van der Waals surface area contributed by atoms with Crippen LogP contribution in [0.5, 0.6) is 0 Å². The summed E-state index contributed by atoms with van der Waals surface area (Å²) in [6, 6.07) is 0. The van der Waals surface area contributed by atoms with E-state index in [2.05, 4.69) is 67.0 Å². The number of rotatable bonds is 37. The Labute approximate surface area is 317 Å². The molecule has 0 saturated carbocycles. The molecular formula is C43H75O8P. The zero-order chi connectivity index (χ0) is 38.2. The van der Waals surface area contributed by atoms with Gasteiger partial charge in [0.25, 0.3) is 0 Å². The number of hydrogen-bond acceptors (Lipinski definition) is 6. The van der Waals surface area contributed by atoms with Crippen molar-refractivity contribution in [2.45, 2.75) is 187 Å². The van der Waals surface area contributed by atoms with Gasteiger partial charge in [-0.1, -0.05) is 177 Å². The van der Waals surface area contributed by atoms with Crippen molar-refractivity contribution in [2.75, 3.05) is 13.2 Å². The van der Waals surface area contributed by atoms with E-state index in [9.17, 15) is 14.2 Å². The predicted octanol–water partition coefficient (Wildman–Crippen LogP) is 12.5. The van der Waals surface area contributed by atoms with Gasteiger partial charge >= 0.3 is 19.8 Å². The van der Waals surface area contributed by atoms with Gasteiger partial charge in [-0.05, 0) is 51.4 Å². The number of carbonyl (C=O) groups excluding carboxylic acids is 2. The van der Waals surface area contributed by atoms with E-state index in [1.165, 1.54) is 103 Å². The van der Waals surface area contributed by atoms with Crippen molar-refractivity contribution in [1.29, 1.82) is 0 Å². The molecule has 0 rings (SSSR count). The van der Waals surface area contributed by atoms with Crippen LogP contribution in [0.15, 0.2) is 60.8 Å². The third kappa shape index (κ3) is 40.5. The van der Waals surface area contributed by atoms with E-state index in [1.54, 1.807) is 0 Å². The van der Waals surface area contributed by atoms with Crippen LogP contribution in [-0.4, -0.2) is 41.0 Å². The van der Waals surface area contributed by atoms with Crippen molar-refractivity contribution in [3.63, 3.8) is 0 Å². The quantitative estimate of drug-likeness (QED) is 0.0279. The second-order valence-corrected chi connectivity index (χ2v) is 14.9. The maximum absolute atomic E-state index is 12.4. The molecule has 0 amide bonds. The van der Waals surface area contributed by atoms with E-state index in [4.69, 9.17) is 19.3 Å². The van der Waals surface area contributed by atoms with Crippen LogP contribution >= 0.6 is 7.82 Å². The Morgan fingerprint density at radius 1 is 0.500 bits per heavy atom. The van der Waals surface area contributed by atoms with E-state index in [0.717, 1.165) is 38.5 Å². The molecule has 0 unspecified atom stereocenters. The Morgan fingerprint density at radius 3 is 1.37 bits per heavy atom. The van der Waals surface area contributed by atoms with Gasteiger partial charge in [0.1, 0.15) is 6.61 Å². The molecule has 0 saturated heterocycles. The molecule has 0 aliphatic rings. The number of phosphoric ester groups is 1. The van der Waals surface area contributed by atoms with Crippen molar-refractivity contribution in [1.82, 2.24) is 0 Å². The van der Waals surface area contributed by atoms with Gasteiger partial charge in [0.15, 0.2) is 6.10 Å². The molecule has 8 nitrogen and oxygen atoms in total. The Hall–Kier alpha value is -2.25. The molecule has 0 aliphatic carbocycles. The van der Waals surface area contributed by atoms with Crippen molar-refractivity contribution in [2.24, 2.45) is 0 Å². The smallest absolute Gasteiger partial charge is 0.462 e. The zero-order valence-electron chi connectivity index (χ0n) is 32.9. The van der Waals surface area contributed by atoms with E-state index < -0.39 is 32.5 Å². The predicted molar refractivity (Wildman–Crippen MR) is 216 cm³/mol. The molecule has 0 fully saturated rings. The summed E-state index contributed by atoms with van der Waals surface area (Å²) < 4.78 is 26.3. The minimum Gasteiger partial charge on any atom is -0.462 e. The lowest BCUT2D eigenvalue weighted by atomic mass is 10.0. The fraction of sp³-hybridized carbons (Fsp3) is 0.721. The van der Waals surface area contributed by atoms with Crippen LogP contribution in [0.2, 0.25) is 0 Å².